The maximum atomic E-state index is 3.30. The molecule has 2 rings (SSSR count). The van der Waals surface area contributed by atoms with Crippen LogP contribution in [0.15, 0.2) is 76.7 Å². The third-order valence-corrected chi connectivity index (χ3v) is 3.20. The molecule has 0 fully saturated rings. The quantitative estimate of drug-likeness (QED) is 0.536. The van der Waals surface area contributed by atoms with Crippen LogP contribution in [0.25, 0.3) is 5.57 Å². The highest BCUT2D eigenvalue weighted by Gasteiger charge is 1.91. The normalized spacial score (nSPS) is 9.47. The highest BCUT2D eigenvalue weighted by Crippen LogP contribution is 2.19. The Morgan fingerprint density at radius 3 is 2.18 bits per heavy atom. The fraction of sp³-hybridized carbons (Fsp3) is 0.0625. The maximum Gasteiger partial charge on any atom is 0.0182 e. The van der Waals surface area contributed by atoms with E-state index in [0.29, 0.717) is 0 Å². The van der Waals surface area contributed by atoms with Gasteiger partial charge in [0.15, 0.2) is 0 Å². The monoisotopic (exact) mass is 238 g/mol. The van der Waals surface area contributed by atoms with Crippen molar-refractivity contribution in [3.8, 4) is 0 Å². The van der Waals surface area contributed by atoms with E-state index in [1.54, 1.807) is 11.8 Å². The first-order valence-corrected chi connectivity index (χ1v) is 6.43. The van der Waals surface area contributed by atoms with Crippen molar-refractivity contribution in [3.63, 3.8) is 0 Å². The summed E-state index contributed by atoms with van der Waals surface area (Å²) in [6.07, 6.45) is 0. The van der Waals surface area contributed by atoms with Gasteiger partial charge in [-0.15, -0.1) is 5.73 Å². The molecule has 0 radical (unpaired) electrons. The SMILES string of the molecule is CC(=C=CSc1ccccc1)c1ccccc1. The van der Waals surface area contributed by atoms with Gasteiger partial charge in [0.1, 0.15) is 0 Å². The minimum Gasteiger partial charge on any atom is -0.110 e. The molecule has 17 heavy (non-hydrogen) atoms. The highest BCUT2D eigenvalue weighted by atomic mass is 32.2. The van der Waals surface area contributed by atoms with Crippen molar-refractivity contribution in [2.45, 2.75) is 11.8 Å². The number of allylic oxidation sites excluding steroid dienone is 1. The number of hydrogen-bond donors (Lipinski definition) is 0. The van der Waals surface area contributed by atoms with Gasteiger partial charge in [0, 0.05) is 10.3 Å². The number of rotatable bonds is 3. The summed E-state index contributed by atoms with van der Waals surface area (Å²) in [6, 6.07) is 20.6. The second-order valence-corrected chi connectivity index (χ2v) is 4.63. The first kappa shape index (κ1) is 11.8. The van der Waals surface area contributed by atoms with Crippen LogP contribution < -0.4 is 0 Å². The lowest BCUT2D eigenvalue weighted by Crippen LogP contribution is -1.74. The van der Waals surface area contributed by atoms with Gasteiger partial charge in [0.25, 0.3) is 0 Å². The summed E-state index contributed by atoms with van der Waals surface area (Å²) >= 11 is 1.69. The first-order chi connectivity index (χ1) is 8.36. The predicted molar refractivity (Wildman–Crippen MR) is 75.9 cm³/mol. The molecule has 0 saturated carbocycles. The van der Waals surface area contributed by atoms with E-state index >= 15 is 0 Å². The summed E-state index contributed by atoms with van der Waals surface area (Å²) in [5.74, 6) is 0. The van der Waals surface area contributed by atoms with E-state index < -0.39 is 0 Å². The van der Waals surface area contributed by atoms with Crippen LogP contribution in [-0.4, -0.2) is 0 Å². The second-order valence-electron chi connectivity index (χ2n) is 3.68. The molecule has 0 heterocycles. The average molecular weight is 238 g/mol. The molecule has 0 amide bonds. The molecular formula is C16H14S. The first-order valence-electron chi connectivity index (χ1n) is 5.55. The van der Waals surface area contributed by atoms with Crippen molar-refractivity contribution in [2.24, 2.45) is 0 Å². The molecule has 0 nitrogen and oxygen atoms in total. The van der Waals surface area contributed by atoms with Crippen molar-refractivity contribution in [3.05, 3.63) is 77.4 Å². The van der Waals surface area contributed by atoms with Crippen molar-refractivity contribution in [1.29, 1.82) is 0 Å². The fourth-order valence-corrected chi connectivity index (χ4v) is 2.14. The molecule has 0 aliphatic carbocycles. The van der Waals surface area contributed by atoms with Crippen LogP contribution in [0.3, 0.4) is 0 Å². The number of benzene rings is 2. The van der Waals surface area contributed by atoms with Crippen LogP contribution >= 0.6 is 11.8 Å². The van der Waals surface area contributed by atoms with Crippen LogP contribution in [-0.2, 0) is 0 Å². The lowest BCUT2D eigenvalue weighted by Gasteiger charge is -1.96. The largest absolute Gasteiger partial charge is 0.110 e. The van der Waals surface area contributed by atoms with E-state index in [-0.39, 0.29) is 0 Å². The summed E-state index contributed by atoms with van der Waals surface area (Å²) in [6.45, 7) is 2.08. The van der Waals surface area contributed by atoms with Crippen LogP contribution in [0, 0.1) is 0 Å². The summed E-state index contributed by atoms with van der Waals surface area (Å²) in [4.78, 5) is 1.24. The molecule has 0 aromatic heterocycles. The molecule has 0 saturated heterocycles. The third-order valence-electron chi connectivity index (χ3n) is 2.42. The zero-order valence-corrected chi connectivity index (χ0v) is 10.6. The van der Waals surface area contributed by atoms with Gasteiger partial charge < -0.3 is 0 Å². The van der Waals surface area contributed by atoms with E-state index in [2.05, 4.69) is 36.9 Å². The van der Waals surface area contributed by atoms with Crippen molar-refractivity contribution < 1.29 is 0 Å². The van der Waals surface area contributed by atoms with Crippen LogP contribution in [0.2, 0.25) is 0 Å². The van der Waals surface area contributed by atoms with E-state index in [9.17, 15) is 0 Å². The smallest absolute Gasteiger partial charge is 0.0182 e. The molecule has 2 aromatic carbocycles. The molecular weight excluding hydrogens is 224 g/mol. The number of thioether (sulfide) groups is 1. The Labute approximate surface area is 107 Å². The lowest BCUT2D eigenvalue weighted by molar-refractivity contribution is 1.47. The van der Waals surface area contributed by atoms with E-state index in [4.69, 9.17) is 0 Å². The standard InChI is InChI=1S/C16H14S/c1-14(15-8-4-2-5-9-15)12-13-17-16-10-6-3-7-11-16/h2-11,13H,1H3. The van der Waals surface area contributed by atoms with E-state index in [1.807, 2.05) is 41.8 Å². The molecule has 0 aliphatic rings. The zero-order chi connectivity index (χ0) is 11.9. The lowest BCUT2D eigenvalue weighted by atomic mass is 10.1. The van der Waals surface area contributed by atoms with E-state index in [1.165, 1.54) is 10.5 Å². The van der Waals surface area contributed by atoms with Gasteiger partial charge in [0.05, 0.1) is 0 Å². The summed E-state index contributed by atoms with van der Waals surface area (Å²) < 4.78 is 0. The summed E-state index contributed by atoms with van der Waals surface area (Å²) in [7, 11) is 0. The molecule has 2 aromatic rings. The Morgan fingerprint density at radius 1 is 0.941 bits per heavy atom. The minimum atomic E-state index is 1.16. The van der Waals surface area contributed by atoms with Gasteiger partial charge in [-0.3, -0.25) is 0 Å². The van der Waals surface area contributed by atoms with Gasteiger partial charge in [-0.25, -0.2) is 0 Å². The molecule has 0 unspecified atom stereocenters. The second kappa shape index (κ2) is 6.15. The number of hydrogen-bond acceptors (Lipinski definition) is 1. The Balaban J connectivity index is 2.10. The Hall–Kier alpha value is -1.69. The van der Waals surface area contributed by atoms with Gasteiger partial charge in [0.2, 0.25) is 0 Å². The van der Waals surface area contributed by atoms with Crippen LogP contribution in [0.4, 0.5) is 0 Å². The average Bonchev–Trinajstić information content (AvgIpc) is 2.41. The molecule has 1 heteroatoms. The minimum absolute atomic E-state index is 1.16. The zero-order valence-electron chi connectivity index (χ0n) is 9.76. The molecule has 0 N–H and O–H groups in total. The van der Waals surface area contributed by atoms with Crippen LogP contribution in [0.1, 0.15) is 12.5 Å². The fourth-order valence-electron chi connectivity index (χ4n) is 1.46. The van der Waals surface area contributed by atoms with Crippen molar-refractivity contribution in [1.82, 2.24) is 0 Å². The molecule has 0 bridgehead atoms. The Morgan fingerprint density at radius 2 is 1.53 bits per heavy atom. The Kier molecular flexibility index (Phi) is 4.26. The van der Waals surface area contributed by atoms with Gasteiger partial charge in [-0.1, -0.05) is 60.3 Å². The molecule has 0 atom stereocenters. The predicted octanol–water partition coefficient (Wildman–Crippen LogP) is 4.99. The molecule has 0 aliphatic heterocycles. The summed E-state index contributed by atoms with van der Waals surface area (Å²) in [5, 5.41) is 2.01. The van der Waals surface area contributed by atoms with Crippen molar-refractivity contribution >= 4 is 17.3 Å². The van der Waals surface area contributed by atoms with E-state index in [0.717, 1.165) is 5.57 Å². The van der Waals surface area contributed by atoms with Crippen molar-refractivity contribution in [2.75, 3.05) is 0 Å². The summed E-state index contributed by atoms with van der Waals surface area (Å²) in [5.41, 5.74) is 5.68. The molecule has 84 valence electrons. The van der Waals surface area contributed by atoms with Crippen LogP contribution in [0.5, 0.6) is 0 Å². The highest BCUT2D eigenvalue weighted by molar-refractivity contribution is 8.02. The molecule has 0 spiro atoms. The maximum absolute atomic E-state index is 3.30. The van der Waals surface area contributed by atoms with Gasteiger partial charge in [-0.2, -0.15) is 0 Å². The van der Waals surface area contributed by atoms with Gasteiger partial charge >= 0.3 is 0 Å². The van der Waals surface area contributed by atoms with Gasteiger partial charge in [-0.05, 0) is 30.2 Å². The third kappa shape index (κ3) is 3.67. The topological polar surface area (TPSA) is 0 Å². The Bertz CT molecular complexity index is 520.